The van der Waals surface area contributed by atoms with Crippen LogP contribution in [0.1, 0.15) is 17.2 Å². The summed E-state index contributed by atoms with van der Waals surface area (Å²) in [6.45, 7) is -0.609. The summed E-state index contributed by atoms with van der Waals surface area (Å²) in [5.74, 6) is -1.98. The molecule has 0 aromatic heterocycles. The number of rotatable bonds is 13. The van der Waals surface area contributed by atoms with Crippen LogP contribution in [0.5, 0.6) is 0 Å². The lowest BCUT2D eigenvalue weighted by Crippen LogP contribution is -2.70. The Morgan fingerprint density at radius 2 is 1.76 bits per heavy atom. The number of ketones is 1. The molecule has 41 heavy (non-hydrogen) atoms. The highest BCUT2D eigenvalue weighted by Crippen LogP contribution is 2.43. The molecule has 13 heteroatoms. The SMILES string of the molecule is COC(=O)CO/N=C(\CNC1C(=O)N2C(C(=O)OC(c3ccccc3)c3ccccc3)=C(SC)CS[C@H]12)C(=O)CCl. The van der Waals surface area contributed by atoms with Crippen molar-refractivity contribution in [2.45, 2.75) is 17.5 Å². The van der Waals surface area contributed by atoms with Crippen molar-refractivity contribution in [1.29, 1.82) is 0 Å². The van der Waals surface area contributed by atoms with E-state index in [0.717, 1.165) is 16.0 Å². The fourth-order valence-electron chi connectivity index (χ4n) is 4.23. The van der Waals surface area contributed by atoms with E-state index < -0.39 is 41.8 Å². The van der Waals surface area contributed by atoms with Crippen molar-refractivity contribution >= 4 is 64.5 Å². The van der Waals surface area contributed by atoms with Crippen molar-refractivity contribution in [2.75, 3.05) is 38.2 Å². The Balaban J connectivity index is 1.50. The first-order chi connectivity index (χ1) is 19.9. The molecule has 0 bridgehead atoms. The minimum absolute atomic E-state index is 0.0792. The zero-order chi connectivity index (χ0) is 29.4. The molecule has 0 spiro atoms. The topological polar surface area (TPSA) is 124 Å². The molecular formula is C28H28ClN3O7S2. The summed E-state index contributed by atoms with van der Waals surface area (Å²) in [5.41, 5.74) is 1.75. The number of β-lactam (4-membered cyclic amide) rings is 1. The molecule has 2 aliphatic rings. The first-order valence-corrected chi connectivity index (χ1v) is 15.3. The number of benzene rings is 2. The molecule has 2 aliphatic heterocycles. The summed E-state index contributed by atoms with van der Waals surface area (Å²) in [4.78, 5) is 57.6. The third-order valence-corrected chi connectivity index (χ3v) is 8.86. The van der Waals surface area contributed by atoms with Gasteiger partial charge in [-0.2, -0.15) is 0 Å². The number of methoxy groups -OCH3 is 1. The van der Waals surface area contributed by atoms with Gasteiger partial charge in [-0.25, -0.2) is 9.59 Å². The minimum Gasteiger partial charge on any atom is -0.466 e. The van der Waals surface area contributed by atoms with E-state index in [1.54, 1.807) is 0 Å². The van der Waals surface area contributed by atoms with E-state index in [-0.39, 0.29) is 29.7 Å². The van der Waals surface area contributed by atoms with Crippen LogP contribution >= 0.6 is 35.1 Å². The highest BCUT2D eigenvalue weighted by atomic mass is 35.5. The van der Waals surface area contributed by atoms with Crippen LogP contribution in [-0.4, -0.2) is 83.8 Å². The third kappa shape index (κ3) is 7.13. The van der Waals surface area contributed by atoms with E-state index >= 15 is 0 Å². The summed E-state index contributed by atoms with van der Waals surface area (Å²) in [6, 6.07) is 18.1. The molecule has 1 amide bonds. The number of amides is 1. The van der Waals surface area contributed by atoms with Gasteiger partial charge in [0, 0.05) is 17.2 Å². The maximum Gasteiger partial charge on any atom is 0.356 e. The number of halogens is 1. The second kappa shape index (κ2) is 14.5. The van der Waals surface area contributed by atoms with Gasteiger partial charge >= 0.3 is 11.9 Å². The fraction of sp³-hybridized carbons (Fsp3) is 0.321. The summed E-state index contributed by atoms with van der Waals surface area (Å²) in [7, 11) is 1.20. The van der Waals surface area contributed by atoms with Crippen molar-refractivity contribution in [1.82, 2.24) is 10.2 Å². The summed E-state index contributed by atoms with van der Waals surface area (Å²) in [6.07, 6.45) is 1.19. The highest BCUT2D eigenvalue weighted by Gasteiger charge is 2.54. The Morgan fingerprint density at radius 3 is 2.32 bits per heavy atom. The maximum absolute atomic E-state index is 13.7. The number of nitrogens with zero attached hydrogens (tertiary/aromatic N) is 2. The van der Waals surface area contributed by atoms with Crippen LogP contribution in [0.15, 0.2) is 76.4 Å². The standard InChI is InChI=1S/C28H28ClN3O7S2/c1-37-22(34)15-38-31-19(20(33)13-29)14-30-23-26(35)32-24(21(40-2)16-41-27(23)32)28(36)39-25(17-9-5-3-6-10-17)18-11-7-4-8-12-18/h3-12,23,25,27,30H,13-16H2,1-2H3/b31-19+/t23?,27-/m1/s1. The number of hydrogen-bond donors (Lipinski definition) is 1. The van der Waals surface area contributed by atoms with Crippen molar-refractivity contribution in [2.24, 2.45) is 5.16 Å². The molecule has 1 N–H and O–H groups in total. The van der Waals surface area contributed by atoms with Gasteiger partial charge in [-0.15, -0.1) is 35.1 Å². The van der Waals surface area contributed by atoms with E-state index in [2.05, 4.69) is 15.2 Å². The zero-order valence-corrected chi connectivity index (χ0v) is 24.7. The van der Waals surface area contributed by atoms with Crippen LogP contribution in [0.3, 0.4) is 0 Å². The smallest absolute Gasteiger partial charge is 0.356 e. The van der Waals surface area contributed by atoms with E-state index in [1.165, 1.54) is 35.5 Å². The van der Waals surface area contributed by atoms with E-state index in [4.69, 9.17) is 21.2 Å². The molecule has 1 fully saturated rings. The fourth-order valence-corrected chi connectivity index (χ4v) is 6.65. The van der Waals surface area contributed by atoms with Gasteiger partial charge in [0.1, 0.15) is 22.8 Å². The summed E-state index contributed by atoms with van der Waals surface area (Å²) in [5, 5.41) is 6.32. The van der Waals surface area contributed by atoms with Crippen molar-refractivity contribution in [3.8, 4) is 0 Å². The van der Waals surface area contributed by atoms with E-state index in [9.17, 15) is 19.2 Å². The molecule has 10 nitrogen and oxygen atoms in total. The third-order valence-electron chi connectivity index (χ3n) is 6.32. The Hall–Kier alpha value is -3.32. The first kappa shape index (κ1) is 30.6. The minimum atomic E-state index is -0.695. The number of ether oxygens (including phenoxy) is 2. The largest absolute Gasteiger partial charge is 0.466 e. The van der Waals surface area contributed by atoms with Crippen LogP contribution in [0, 0.1) is 0 Å². The summed E-state index contributed by atoms with van der Waals surface area (Å²) >= 11 is 8.58. The number of oxime groups is 1. The van der Waals surface area contributed by atoms with Crippen LogP contribution in [0.25, 0.3) is 0 Å². The lowest BCUT2D eigenvalue weighted by molar-refractivity contribution is -0.153. The average molecular weight is 618 g/mol. The van der Waals surface area contributed by atoms with Crippen LogP contribution in [0.2, 0.25) is 0 Å². The number of Topliss-reactive ketones (excluding diaryl/α,β-unsaturated/α-hetero) is 1. The monoisotopic (exact) mass is 617 g/mol. The quantitative estimate of drug-likeness (QED) is 0.118. The van der Waals surface area contributed by atoms with E-state index in [1.807, 2.05) is 66.9 Å². The number of carbonyl (C=O) groups excluding carboxylic acids is 4. The van der Waals surface area contributed by atoms with Crippen molar-refractivity contribution in [3.63, 3.8) is 0 Å². The van der Waals surface area contributed by atoms with Crippen molar-refractivity contribution in [3.05, 3.63) is 82.4 Å². The second-order valence-corrected chi connectivity index (χ2v) is 11.1. The van der Waals surface area contributed by atoms with Gasteiger partial charge in [-0.1, -0.05) is 65.8 Å². The van der Waals surface area contributed by atoms with Gasteiger partial charge < -0.3 is 14.3 Å². The van der Waals surface area contributed by atoms with Gasteiger partial charge in [-0.3, -0.25) is 19.8 Å². The van der Waals surface area contributed by atoms with Crippen molar-refractivity contribution < 1.29 is 33.5 Å². The van der Waals surface area contributed by atoms with Crippen LogP contribution in [-0.2, 0) is 33.5 Å². The average Bonchev–Trinajstić information content (AvgIpc) is 3.02. The molecular weight excluding hydrogens is 590 g/mol. The number of thioether (sulfide) groups is 2. The highest BCUT2D eigenvalue weighted by molar-refractivity contribution is 8.05. The second-order valence-electron chi connectivity index (χ2n) is 8.80. The first-order valence-electron chi connectivity index (χ1n) is 12.5. The van der Waals surface area contributed by atoms with Crippen LogP contribution < -0.4 is 5.32 Å². The van der Waals surface area contributed by atoms with Gasteiger partial charge in [0.2, 0.25) is 12.5 Å². The molecule has 0 saturated carbocycles. The molecule has 0 radical (unpaired) electrons. The number of nitrogens with one attached hydrogen (secondary N) is 1. The molecule has 2 heterocycles. The number of carbonyl (C=O) groups is 4. The molecule has 2 aromatic carbocycles. The molecule has 4 rings (SSSR count). The van der Waals surface area contributed by atoms with E-state index in [0.29, 0.717) is 5.75 Å². The Labute approximate surface area is 250 Å². The Kier molecular flexibility index (Phi) is 10.9. The molecule has 1 saturated heterocycles. The summed E-state index contributed by atoms with van der Waals surface area (Å²) < 4.78 is 10.6. The number of fused-ring (bicyclic) bond motifs is 1. The lowest BCUT2D eigenvalue weighted by Gasteiger charge is -2.49. The Morgan fingerprint density at radius 1 is 1.12 bits per heavy atom. The maximum atomic E-state index is 13.7. The molecule has 0 aliphatic carbocycles. The number of alkyl halides is 1. The molecule has 216 valence electrons. The lowest BCUT2D eigenvalue weighted by atomic mass is 10.0. The van der Waals surface area contributed by atoms with Gasteiger partial charge in [0.15, 0.2) is 11.9 Å². The molecule has 1 unspecified atom stereocenters. The normalized spacial score (nSPS) is 18.5. The molecule has 2 atom stereocenters. The van der Waals surface area contributed by atoms with Gasteiger partial charge in [-0.05, 0) is 17.4 Å². The van der Waals surface area contributed by atoms with Gasteiger partial charge in [0.05, 0.1) is 13.0 Å². The Bertz CT molecular complexity index is 1300. The predicted molar refractivity (Wildman–Crippen MR) is 157 cm³/mol. The van der Waals surface area contributed by atoms with Crippen LogP contribution in [0.4, 0.5) is 0 Å². The number of hydrogen-bond acceptors (Lipinski definition) is 11. The predicted octanol–water partition coefficient (Wildman–Crippen LogP) is 3.12. The molecule has 2 aromatic rings. The van der Waals surface area contributed by atoms with Gasteiger partial charge in [0.25, 0.3) is 0 Å². The number of esters is 2. The zero-order valence-electron chi connectivity index (χ0n) is 22.3.